The number of hydrogen-bond donors (Lipinski definition) is 1. The van der Waals surface area contributed by atoms with E-state index < -0.39 is 5.82 Å². The van der Waals surface area contributed by atoms with Gasteiger partial charge in [-0.15, -0.1) is 0 Å². The maximum atomic E-state index is 13.2. The first-order chi connectivity index (χ1) is 9.08. The van der Waals surface area contributed by atoms with Gasteiger partial charge in [-0.05, 0) is 46.6 Å². The summed E-state index contributed by atoms with van der Waals surface area (Å²) in [6, 6.07) is 13.5. The third kappa shape index (κ3) is 3.41. The molecule has 19 heavy (non-hydrogen) atoms. The van der Waals surface area contributed by atoms with Gasteiger partial charge in [0.2, 0.25) is 0 Å². The molecule has 0 aliphatic carbocycles. The fraction of sp³-hybridized carbons (Fsp3) is 0.133. The van der Waals surface area contributed by atoms with Crippen LogP contribution >= 0.6 is 15.9 Å². The number of halogens is 2. The zero-order valence-corrected chi connectivity index (χ0v) is 11.9. The van der Waals surface area contributed by atoms with Crippen LogP contribution in [0.25, 0.3) is 0 Å². The second kappa shape index (κ2) is 5.97. The van der Waals surface area contributed by atoms with Gasteiger partial charge in [0.05, 0.1) is 11.6 Å². The van der Waals surface area contributed by atoms with Gasteiger partial charge < -0.3 is 5.32 Å². The molecule has 1 N–H and O–H groups in total. The highest BCUT2D eigenvalue weighted by Crippen LogP contribution is 2.19. The second-order valence-electron chi connectivity index (χ2n) is 4.23. The average Bonchev–Trinajstić information content (AvgIpc) is 2.42. The lowest BCUT2D eigenvalue weighted by molar-refractivity contribution is 0.0938. The highest BCUT2D eigenvalue weighted by molar-refractivity contribution is 9.10. The van der Waals surface area contributed by atoms with Gasteiger partial charge >= 0.3 is 0 Å². The predicted molar refractivity (Wildman–Crippen MR) is 76.4 cm³/mol. The third-order valence-corrected chi connectivity index (χ3v) is 3.51. The number of benzene rings is 2. The quantitative estimate of drug-likeness (QED) is 0.906. The fourth-order valence-electron chi connectivity index (χ4n) is 1.77. The van der Waals surface area contributed by atoms with Gasteiger partial charge in [0.15, 0.2) is 0 Å². The Bertz CT molecular complexity index is 586. The van der Waals surface area contributed by atoms with Crippen molar-refractivity contribution in [3.05, 3.63) is 69.9 Å². The van der Waals surface area contributed by atoms with E-state index in [0.29, 0.717) is 10.0 Å². The molecule has 2 nitrogen and oxygen atoms in total. The smallest absolute Gasteiger partial charge is 0.253 e. The van der Waals surface area contributed by atoms with Crippen molar-refractivity contribution < 1.29 is 9.18 Å². The Morgan fingerprint density at radius 3 is 2.58 bits per heavy atom. The molecule has 0 fully saturated rings. The maximum absolute atomic E-state index is 13.2. The van der Waals surface area contributed by atoms with Crippen molar-refractivity contribution in [1.82, 2.24) is 5.32 Å². The number of carbonyl (C=O) groups is 1. The molecule has 4 heteroatoms. The van der Waals surface area contributed by atoms with Crippen LogP contribution in [0.4, 0.5) is 4.39 Å². The van der Waals surface area contributed by atoms with Crippen molar-refractivity contribution in [2.75, 3.05) is 0 Å². The van der Waals surface area contributed by atoms with E-state index in [9.17, 15) is 9.18 Å². The minimum atomic E-state index is -0.430. The summed E-state index contributed by atoms with van der Waals surface area (Å²) in [4.78, 5) is 12.1. The number of nitrogens with one attached hydrogen (secondary N) is 1. The molecule has 0 bridgehead atoms. The molecule has 2 aromatic carbocycles. The maximum Gasteiger partial charge on any atom is 0.253 e. The van der Waals surface area contributed by atoms with E-state index in [2.05, 4.69) is 21.2 Å². The fourth-order valence-corrected chi connectivity index (χ4v) is 2.20. The molecular formula is C15H13BrFNO. The first-order valence-electron chi connectivity index (χ1n) is 5.89. The Morgan fingerprint density at radius 2 is 1.89 bits per heavy atom. The van der Waals surface area contributed by atoms with E-state index in [1.54, 1.807) is 0 Å². The lowest BCUT2D eigenvalue weighted by Gasteiger charge is -2.15. The van der Waals surface area contributed by atoms with Gasteiger partial charge in [-0.25, -0.2) is 4.39 Å². The normalized spacial score (nSPS) is 11.9. The number of amides is 1. The topological polar surface area (TPSA) is 29.1 Å². The molecule has 0 aliphatic rings. The number of hydrogen-bond acceptors (Lipinski definition) is 1. The predicted octanol–water partition coefficient (Wildman–Crippen LogP) is 4.08. The van der Waals surface area contributed by atoms with E-state index in [1.807, 2.05) is 37.3 Å². The zero-order valence-electron chi connectivity index (χ0n) is 10.4. The van der Waals surface area contributed by atoms with Gasteiger partial charge in [-0.1, -0.05) is 30.3 Å². The second-order valence-corrected chi connectivity index (χ2v) is 5.08. The molecule has 1 amide bonds. The summed E-state index contributed by atoms with van der Waals surface area (Å²) in [6.45, 7) is 1.89. The molecule has 1 atom stereocenters. The third-order valence-electron chi connectivity index (χ3n) is 2.82. The van der Waals surface area contributed by atoms with Crippen LogP contribution < -0.4 is 5.32 Å². The molecule has 0 heterocycles. The van der Waals surface area contributed by atoms with E-state index in [0.717, 1.165) is 5.56 Å². The van der Waals surface area contributed by atoms with Crippen LogP contribution in [0, 0.1) is 5.82 Å². The van der Waals surface area contributed by atoms with Crippen molar-refractivity contribution in [1.29, 1.82) is 0 Å². The van der Waals surface area contributed by atoms with Crippen LogP contribution in [0.1, 0.15) is 28.9 Å². The van der Waals surface area contributed by atoms with Crippen LogP contribution in [-0.2, 0) is 0 Å². The molecule has 0 radical (unpaired) electrons. The van der Waals surface area contributed by atoms with Crippen LogP contribution in [0.3, 0.4) is 0 Å². The van der Waals surface area contributed by atoms with Crippen molar-refractivity contribution in [3.8, 4) is 0 Å². The molecule has 2 aromatic rings. The summed E-state index contributed by atoms with van der Waals surface area (Å²) in [5.74, 6) is -0.733. The Balaban J connectivity index is 2.15. The zero-order chi connectivity index (χ0) is 13.8. The largest absolute Gasteiger partial charge is 0.345 e. The minimum absolute atomic E-state index is 0.135. The van der Waals surface area contributed by atoms with Gasteiger partial charge in [0.1, 0.15) is 5.82 Å². The lowest BCUT2D eigenvalue weighted by atomic mass is 10.1. The number of carbonyl (C=O) groups excluding carboxylic acids is 1. The molecule has 0 saturated heterocycles. The average molecular weight is 322 g/mol. The SMILES string of the molecule is C[C@H](NC(=O)c1cc(F)ccc1Br)c1ccccc1. The van der Waals surface area contributed by atoms with Crippen LogP contribution in [0.5, 0.6) is 0 Å². The van der Waals surface area contributed by atoms with E-state index in [4.69, 9.17) is 0 Å². The van der Waals surface area contributed by atoms with Crippen LogP contribution in [0.15, 0.2) is 53.0 Å². The van der Waals surface area contributed by atoms with E-state index in [1.165, 1.54) is 18.2 Å². The molecule has 2 rings (SSSR count). The Labute approximate surface area is 119 Å². The summed E-state index contributed by atoms with van der Waals surface area (Å²) in [7, 11) is 0. The van der Waals surface area contributed by atoms with Gasteiger partial charge in [-0.3, -0.25) is 4.79 Å². The summed E-state index contributed by atoms with van der Waals surface area (Å²) < 4.78 is 13.7. The summed E-state index contributed by atoms with van der Waals surface area (Å²) in [6.07, 6.45) is 0. The molecule has 0 aliphatic heterocycles. The highest BCUT2D eigenvalue weighted by atomic mass is 79.9. The van der Waals surface area contributed by atoms with E-state index in [-0.39, 0.29) is 11.9 Å². The molecule has 0 saturated carbocycles. The monoisotopic (exact) mass is 321 g/mol. The molecule has 0 unspecified atom stereocenters. The highest BCUT2D eigenvalue weighted by Gasteiger charge is 2.14. The van der Waals surface area contributed by atoms with Crippen LogP contribution in [0.2, 0.25) is 0 Å². The van der Waals surface area contributed by atoms with Gasteiger partial charge in [-0.2, -0.15) is 0 Å². The molecular weight excluding hydrogens is 309 g/mol. The minimum Gasteiger partial charge on any atom is -0.345 e. The van der Waals surface area contributed by atoms with Crippen molar-refractivity contribution in [3.63, 3.8) is 0 Å². The number of rotatable bonds is 3. The standard InChI is InChI=1S/C15H13BrFNO/c1-10(11-5-3-2-4-6-11)18-15(19)13-9-12(17)7-8-14(13)16/h2-10H,1H3,(H,18,19)/t10-/m0/s1. The first kappa shape index (κ1) is 13.7. The summed E-state index contributed by atoms with van der Waals surface area (Å²) in [5, 5.41) is 2.84. The molecule has 0 spiro atoms. The Kier molecular flexibility index (Phi) is 4.32. The van der Waals surface area contributed by atoms with Crippen molar-refractivity contribution >= 4 is 21.8 Å². The lowest BCUT2D eigenvalue weighted by Crippen LogP contribution is -2.27. The Morgan fingerprint density at radius 1 is 1.21 bits per heavy atom. The van der Waals surface area contributed by atoms with Gasteiger partial charge in [0, 0.05) is 4.47 Å². The van der Waals surface area contributed by atoms with Crippen molar-refractivity contribution in [2.45, 2.75) is 13.0 Å². The molecule has 98 valence electrons. The molecule has 0 aromatic heterocycles. The van der Waals surface area contributed by atoms with Gasteiger partial charge in [0.25, 0.3) is 5.91 Å². The summed E-state index contributed by atoms with van der Waals surface area (Å²) in [5.41, 5.74) is 1.30. The Hall–Kier alpha value is -1.68. The first-order valence-corrected chi connectivity index (χ1v) is 6.68. The van der Waals surface area contributed by atoms with Crippen LogP contribution in [-0.4, -0.2) is 5.91 Å². The van der Waals surface area contributed by atoms with E-state index >= 15 is 0 Å². The summed E-state index contributed by atoms with van der Waals surface area (Å²) >= 11 is 3.25. The van der Waals surface area contributed by atoms with Crippen molar-refractivity contribution in [2.24, 2.45) is 0 Å².